The largest absolute Gasteiger partial charge is 0.477 e. The van der Waals surface area contributed by atoms with Crippen molar-refractivity contribution >= 4 is 34.8 Å². The molecule has 2 aliphatic rings. The maximum atomic E-state index is 12.7. The number of nitrogens with one attached hydrogen (secondary N) is 1. The minimum atomic E-state index is -0.855. The fourth-order valence-electron chi connectivity index (χ4n) is 3.75. The number of anilines is 1. The smallest absolute Gasteiger partial charge is 0.317 e. The summed E-state index contributed by atoms with van der Waals surface area (Å²) < 4.78 is 10.7. The fraction of sp³-hybridized carbons (Fsp3) is 0.286. The summed E-state index contributed by atoms with van der Waals surface area (Å²) in [5, 5.41) is 24.5. The van der Waals surface area contributed by atoms with Crippen molar-refractivity contribution in [1.82, 2.24) is 4.90 Å². The first-order valence-electron chi connectivity index (χ1n) is 10.2. The molecular formula is C21H18N4O9. The molecule has 2 aromatic rings. The first-order chi connectivity index (χ1) is 16.2. The number of rotatable bonds is 8. The Bertz CT molecular complexity index is 1210. The Morgan fingerprint density at radius 2 is 1.85 bits per heavy atom. The topological polar surface area (TPSA) is 171 Å². The average molecular weight is 470 g/mol. The number of nitro groups is 2. The standard InChI is InChI=1S/C21H18N4O9/c26-19(11-34-18-6-4-13(24(29)30)9-17(18)25(31)32)22-12-3-5-15-16(8-12)21(28)23(20(15)27)10-14-2-1-7-33-14/h3-6,8-9,14H,1-2,7,10-11H2,(H,22,26). The van der Waals surface area contributed by atoms with Gasteiger partial charge in [-0.3, -0.25) is 39.5 Å². The van der Waals surface area contributed by atoms with E-state index in [2.05, 4.69) is 5.32 Å². The van der Waals surface area contributed by atoms with Gasteiger partial charge in [-0.15, -0.1) is 0 Å². The van der Waals surface area contributed by atoms with Crippen LogP contribution in [0.15, 0.2) is 36.4 Å². The number of benzene rings is 2. The number of fused-ring (bicyclic) bond motifs is 1. The van der Waals surface area contributed by atoms with Crippen LogP contribution >= 0.6 is 0 Å². The molecule has 0 bridgehead atoms. The van der Waals surface area contributed by atoms with Crippen molar-refractivity contribution in [2.75, 3.05) is 25.1 Å². The molecule has 0 aliphatic carbocycles. The van der Waals surface area contributed by atoms with Gasteiger partial charge >= 0.3 is 5.69 Å². The maximum Gasteiger partial charge on any atom is 0.317 e. The molecule has 1 atom stereocenters. The Hall–Kier alpha value is -4.39. The lowest BCUT2D eigenvalue weighted by atomic mass is 10.1. The van der Waals surface area contributed by atoms with E-state index in [0.717, 1.165) is 35.9 Å². The predicted molar refractivity (Wildman–Crippen MR) is 115 cm³/mol. The van der Waals surface area contributed by atoms with Crippen molar-refractivity contribution in [2.45, 2.75) is 18.9 Å². The van der Waals surface area contributed by atoms with Gasteiger partial charge in [-0.25, -0.2) is 0 Å². The lowest BCUT2D eigenvalue weighted by molar-refractivity contribution is -0.394. The molecule has 0 radical (unpaired) electrons. The summed E-state index contributed by atoms with van der Waals surface area (Å²) in [4.78, 5) is 59.1. The second-order valence-electron chi connectivity index (χ2n) is 7.62. The zero-order valence-electron chi connectivity index (χ0n) is 17.6. The summed E-state index contributed by atoms with van der Waals surface area (Å²) in [5.41, 5.74) is -0.554. The lowest BCUT2D eigenvalue weighted by Gasteiger charge is -2.17. The highest BCUT2D eigenvalue weighted by molar-refractivity contribution is 6.21. The second-order valence-corrected chi connectivity index (χ2v) is 7.62. The fourth-order valence-corrected chi connectivity index (χ4v) is 3.75. The Labute approximate surface area is 191 Å². The van der Waals surface area contributed by atoms with E-state index in [0.29, 0.717) is 6.61 Å². The predicted octanol–water partition coefficient (Wildman–Crippen LogP) is 2.30. The number of nitro benzene ring substituents is 2. The molecule has 1 saturated heterocycles. The van der Waals surface area contributed by atoms with E-state index in [-0.39, 0.29) is 35.2 Å². The van der Waals surface area contributed by atoms with Crippen LogP contribution in [0.4, 0.5) is 17.1 Å². The van der Waals surface area contributed by atoms with Crippen LogP contribution in [0.3, 0.4) is 0 Å². The van der Waals surface area contributed by atoms with E-state index in [4.69, 9.17) is 9.47 Å². The maximum absolute atomic E-state index is 12.7. The molecule has 2 heterocycles. The number of carbonyl (C=O) groups excluding carboxylic acids is 3. The summed E-state index contributed by atoms with van der Waals surface area (Å²) in [6, 6.07) is 7.04. The van der Waals surface area contributed by atoms with Crippen molar-refractivity contribution in [3.05, 3.63) is 67.8 Å². The molecule has 0 aromatic heterocycles. The molecule has 3 amide bonds. The van der Waals surface area contributed by atoms with Crippen LogP contribution in [0.5, 0.6) is 5.75 Å². The minimum absolute atomic E-state index is 0.146. The number of non-ortho nitro benzene ring substituents is 1. The Morgan fingerprint density at radius 3 is 2.53 bits per heavy atom. The zero-order valence-corrected chi connectivity index (χ0v) is 17.6. The van der Waals surface area contributed by atoms with Crippen LogP contribution in [-0.4, -0.2) is 58.3 Å². The number of carbonyl (C=O) groups is 3. The van der Waals surface area contributed by atoms with E-state index in [1.54, 1.807) is 0 Å². The van der Waals surface area contributed by atoms with Gasteiger partial charge in [0.15, 0.2) is 12.4 Å². The van der Waals surface area contributed by atoms with E-state index < -0.39 is 45.5 Å². The van der Waals surface area contributed by atoms with Crippen molar-refractivity contribution < 1.29 is 33.7 Å². The van der Waals surface area contributed by atoms with Gasteiger partial charge in [-0.2, -0.15) is 0 Å². The SMILES string of the molecule is O=C(COc1ccc([N+](=O)[O-])cc1[N+](=O)[O-])Nc1ccc2c(c1)C(=O)N(CC1CCCO1)C2=O. The van der Waals surface area contributed by atoms with Crippen molar-refractivity contribution in [2.24, 2.45) is 0 Å². The molecule has 13 nitrogen and oxygen atoms in total. The number of ether oxygens (including phenoxy) is 2. The summed E-state index contributed by atoms with van der Waals surface area (Å²) in [6.07, 6.45) is 1.44. The van der Waals surface area contributed by atoms with Gasteiger partial charge < -0.3 is 14.8 Å². The molecule has 0 saturated carbocycles. The number of hydrogen-bond acceptors (Lipinski definition) is 9. The third kappa shape index (κ3) is 4.54. The van der Waals surface area contributed by atoms with Crippen molar-refractivity contribution in [3.63, 3.8) is 0 Å². The highest BCUT2D eigenvalue weighted by Gasteiger charge is 2.37. The second kappa shape index (κ2) is 9.23. The molecule has 4 rings (SSSR count). The van der Waals surface area contributed by atoms with Gasteiger partial charge in [0.05, 0.1) is 39.7 Å². The van der Waals surface area contributed by atoms with Gasteiger partial charge in [-0.1, -0.05) is 0 Å². The van der Waals surface area contributed by atoms with Crippen LogP contribution in [0, 0.1) is 20.2 Å². The molecule has 1 fully saturated rings. The summed E-state index contributed by atoms with van der Waals surface area (Å²) in [7, 11) is 0. The third-order valence-electron chi connectivity index (χ3n) is 5.37. The lowest BCUT2D eigenvalue weighted by Crippen LogP contribution is -2.36. The van der Waals surface area contributed by atoms with E-state index in [1.807, 2.05) is 0 Å². The van der Waals surface area contributed by atoms with Crippen LogP contribution in [0.25, 0.3) is 0 Å². The third-order valence-corrected chi connectivity index (χ3v) is 5.37. The van der Waals surface area contributed by atoms with Crippen LogP contribution < -0.4 is 10.1 Å². The monoisotopic (exact) mass is 470 g/mol. The molecule has 176 valence electrons. The Balaban J connectivity index is 1.41. The average Bonchev–Trinajstić information content (AvgIpc) is 3.40. The Kier molecular flexibility index (Phi) is 6.19. The molecule has 0 spiro atoms. The van der Waals surface area contributed by atoms with Gasteiger partial charge in [0.1, 0.15) is 0 Å². The van der Waals surface area contributed by atoms with E-state index in [9.17, 15) is 34.6 Å². The van der Waals surface area contributed by atoms with Crippen LogP contribution in [-0.2, 0) is 9.53 Å². The number of hydrogen-bond donors (Lipinski definition) is 1. The van der Waals surface area contributed by atoms with E-state index in [1.165, 1.54) is 18.2 Å². The quantitative estimate of drug-likeness (QED) is 0.345. The minimum Gasteiger partial charge on any atom is -0.477 e. The highest BCUT2D eigenvalue weighted by atomic mass is 16.6. The number of amides is 3. The van der Waals surface area contributed by atoms with Crippen LogP contribution in [0.1, 0.15) is 33.6 Å². The van der Waals surface area contributed by atoms with E-state index >= 15 is 0 Å². The van der Waals surface area contributed by atoms with Crippen LogP contribution in [0.2, 0.25) is 0 Å². The first kappa shape index (κ1) is 22.8. The molecule has 2 aromatic carbocycles. The summed E-state index contributed by atoms with van der Waals surface area (Å²) >= 11 is 0. The molecule has 2 aliphatic heterocycles. The number of imide groups is 1. The molecular weight excluding hydrogens is 452 g/mol. The summed E-state index contributed by atoms with van der Waals surface area (Å²) in [6.45, 7) is 0.124. The van der Waals surface area contributed by atoms with Gasteiger partial charge in [0, 0.05) is 18.4 Å². The molecule has 1 N–H and O–H groups in total. The van der Waals surface area contributed by atoms with Crippen molar-refractivity contribution in [1.29, 1.82) is 0 Å². The van der Waals surface area contributed by atoms with Gasteiger partial charge in [-0.05, 0) is 37.1 Å². The molecule has 1 unspecified atom stereocenters. The first-order valence-corrected chi connectivity index (χ1v) is 10.2. The van der Waals surface area contributed by atoms with Gasteiger partial charge in [0.2, 0.25) is 0 Å². The van der Waals surface area contributed by atoms with Crippen molar-refractivity contribution in [3.8, 4) is 5.75 Å². The normalized spacial score (nSPS) is 16.9. The molecule has 13 heteroatoms. The van der Waals surface area contributed by atoms with Gasteiger partial charge in [0.25, 0.3) is 23.4 Å². The highest BCUT2D eigenvalue weighted by Crippen LogP contribution is 2.31. The zero-order chi connectivity index (χ0) is 24.4. The molecule has 34 heavy (non-hydrogen) atoms. The number of nitrogens with zero attached hydrogens (tertiary/aromatic N) is 3. The summed E-state index contributed by atoms with van der Waals surface area (Å²) in [5.74, 6) is -1.92. The Morgan fingerprint density at radius 1 is 1.09 bits per heavy atom.